The Balaban J connectivity index is 1.31. The maximum atomic E-state index is 12.9. The van der Waals surface area contributed by atoms with Crippen LogP contribution in [0.3, 0.4) is 0 Å². The fraction of sp³-hybridized carbons (Fsp3) is 0.222. The van der Waals surface area contributed by atoms with Crippen LogP contribution in [0.1, 0.15) is 10.4 Å². The smallest absolute Gasteiger partial charge is 0.257 e. The van der Waals surface area contributed by atoms with Gasteiger partial charge in [-0.1, -0.05) is 35.9 Å². The fourth-order valence-electron chi connectivity index (χ4n) is 4.37. The zero-order chi connectivity index (χ0) is 24.2. The Labute approximate surface area is 209 Å². The van der Waals surface area contributed by atoms with E-state index in [9.17, 15) is 4.79 Å². The maximum absolute atomic E-state index is 12.9. The Morgan fingerprint density at radius 3 is 2.60 bits per heavy atom. The second-order valence-corrected chi connectivity index (χ2v) is 8.89. The molecule has 178 valence electrons. The van der Waals surface area contributed by atoms with Crippen molar-refractivity contribution in [2.45, 2.75) is 0 Å². The standard InChI is InChI=1S/C27H26ClN5O2/c28-24-7-6-21(17-23(24)26-22-4-2-1-3-19(22)9-10-29-26)31-27(35)20-5-8-25(30-18-20)33-13-11-32(12-14-33)15-16-34/h1-10,17-18,34H,11-16H2,(H,31,35). The normalized spacial score (nSPS) is 14.3. The molecule has 1 aliphatic heterocycles. The Morgan fingerprint density at radius 2 is 1.83 bits per heavy atom. The molecule has 2 aromatic heterocycles. The number of β-amino-alcohol motifs (C(OH)–C–C–N with tert-alkyl or cyclic N) is 1. The number of halogens is 1. The molecule has 8 heteroatoms. The molecular formula is C27H26ClN5O2. The van der Waals surface area contributed by atoms with E-state index < -0.39 is 0 Å². The first-order chi connectivity index (χ1) is 17.1. The van der Waals surface area contributed by atoms with Gasteiger partial charge in [-0.3, -0.25) is 14.7 Å². The number of hydrogen-bond donors (Lipinski definition) is 2. The predicted molar refractivity (Wildman–Crippen MR) is 140 cm³/mol. The summed E-state index contributed by atoms with van der Waals surface area (Å²) in [5, 5.41) is 14.7. The van der Waals surface area contributed by atoms with Crippen molar-refractivity contribution >= 4 is 39.8 Å². The lowest BCUT2D eigenvalue weighted by Crippen LogP contribution is -2.47. The number of aromatic nitrogens is 2. The highest BCUT2D eigenvalue weighted by molar-refractivity contribution is 6.33. The molecule has 1 fully saturated rings. The molecule has 2 N–H and O–H groups in total. The van der Waals surface area contributed by atoms with Gasteiger partial charge in [0.15, 0.2) is 0 Å². The Bertz CT molecular complexity index is 1330. The summed E-state index contributed by atoms with van der Waals surface area (Å²) in [6.07, 6.45) is 3.37. The number of nitrogens with one attached hydrogen (secondary N) is 1. The number of aliphatic hydroxyl groups excluding tert-OH is 1. The SMILES string of the molecule is O=C(Nc1ccc(Cl)c(-c2nccc3ccccc23)c1)c1ccc(N2CCN(CCO)CC2)nc1. The number of anilines is 2. The van der Waals surface area contributed by atoms with Crippen molar-refractivity contribution in [2.24, 2.45) is 0 Å². The van der Waals surface area contributed by atoms with Crippen LogP contribution >= 0.6 is 11.6 Å². The summed E-state index contributed by atoms with van der Waals surface area (Å²) < 4.78 is 0. The van der Waals surface area contributed by atoms with E-state index in [2.05, 4.69) is 25.1 Å². The zero-order valence-corrected chi connectivity index (χ0v) is 19.9. The molecule has 2 aromatic carbocycles. The molecule has 0 bridgehead atoms. The molecule has 1 saturated heterocycles. The monoisotopic (exact) mass is 487 g/mol. The molecule has 0 atom stereocenters. The third-order valence-electron chi connectivity index (χ3n) is 6.28. The molecule has 0 radical (unpaired) electrons. The van der Waals surface area contributed by atoms with Crippen LogP contribution in [0.2, 0.25) is 5.02 Å². The summed E-state index contributed by atoms with van der Waals surface area (Å²) in [4.78, 5) is 26.4. The lowest BCUT2D eigenvalue weighted by atomic mass is 10.0. The van der Waals surface area contributed by atoms with E-state index in [4.69, 9.17) is 16.7 Å². The van der Waals surface area contributed by atoms with Gasteiger partial charge in [0.25, 0.3) is 5.91 Å². The van der Waals surface area contributed by atoms with Gasteiger partial charge in [-0.15, -0.1) is 0 Å². The molecule has 0 unspecified atom stereocenters. The highest BCUT2D eigenvalue weighted by Gasteiger charge is 2.18. The number of rotatable bonds is 6. The first kappa shape index (κ1) is 23.2. The second kappa shape index (κ2) is 10.4. The number of aliphatic hydroxyl groups is 1. The molecule has 0 saturated carbocycles. The lowest BCUT2D eigenvalue weighted by molar-refractivity contribution is 0.102. The zero-order valence-electron chi connectivity index (χ0n) is 19.2. The first-order valence-electron chi connectivity index (χ1n) is 11.6. The molecule has 1 amide bonds. The number of benzene rings is 2. The summed E-state index contributed by atoms with van der Waals surface area (Å²) in [6, 6.07) is 19.0. The van der Waals surface area contributed by atoms with Crippen LogP contribution in [-0.4, -0.2) is 65.2 Å². The van der Waals surface area contributed by atoms with Crippen molar-refractivity contribution in [2.75, 3.05) is 49.5 Å². The molecule has 35 heavy (non-hydrogen) atoms. The van der Waals surface area contributed by atoms with Gasteiger partial charge in [0.2, 0.25) is 0 Å². The average molecular weight is 488 g/mol. The molecular weight excluding hydrogens is 462 g/mol. The molecule has 0 aliphatic carbocycles. The van der Waals surface area contributed by atoms with Crippen LogP contribution in [0.15, 0.2) is 73.1 Å². The third kappa shape index (κ3) is 5.12. The predicted octanol–water partition coefficient (Wildman–Crippen LogP) is 4.32. The van der Waals surface area contributed by atoms with E-state index in [1.54, 1.807) is 30.6 Å². The molecule has 4 aromatic rings. The van der Waals surface area contributed by atoms with E-state index in [1.807, 2.05) is 42.5 Å². The van der Waals surface area contributed by atoms with Crippen molar-refractivity contribution < 1.29 is 9.90 Å². The van der Waals surface area contributed by atoms with Crippen LogP contribution in [-0.2, 0) is 0 Å². The lowest BCUT2D eigenvalue weighted by Gasteiger charge is -2.35. The summed E-state index contributed by atoms with van der Waals surface area (Å²) in [5.74, 6) is 0.608. The highest BCUT2D eigenvalue weighted by atomic mass is 35.5. The number of carbonyl (C=O) groups excluding carboxylic acids is 1. The van der Waals surface area contributed by atoms with Crippen LogP contribution in [0, 0.1) is 0 Å². The molecule has 0 spiro atoms. The number of amides is 1. The molecule has 7 nitrogen and oxygen atoms in total. The number of piperazine rings is 1. The average Bonchev–Trinajstić information content (AvgIpc) is 2.90. The van der Waals surface area contributed by atoms with Gasteiger partial charge in [0.1, 0.15) is 5.82 Å². The van der Waals surface area contributed by atoms with E-state index in [1.165, 1.54) is 0 Å². The van der Waals surface area contributed by atoms with Crippen molar-refractivity contribution in [1.82, 2.24) is 14.9 Å². The van der Waals surface area contributed by atoms with Crippen molar-refractivity contribution in [3.05, 3.63) is 83.6 Å². The molecule has 5 rings (SSSR count). The van der Waals surface area contributed by atoms with Crippen LogP contribution in [0.25, 0.3) is 22.0 Å². The van der Waals surface area contributed by atoms with Crippen LogP contribution in [0.5, 0.6) is 0 Å². The summed E-state index contributed by atoms with van der Waals surface area (Å²) >= 11 is 6.52. The van der Waals surface area contributed by atoms with E-state index in [-0.39, 0.29) is 12.5 Å². The highest BCUT2D eigenvalue weighted by Crippen LogP contribution is 2.33. The van der Waals surface area contributed by atoms with Crippen molar-refractivity contribution in [3.63, 3.8) is 0 Å². The van der Waals surface area contributed by atoms with E-state index in [0.29, 0.717) is 22.8 Å². The quantitative estimate of drug-likeness (QED) is 0.421. The summed E-state index contributed by atoms with van der Waals surface area (Å²) in [5.41, 5.74) is 2.64. The van der Waals surface area contributed by atoms with Crippen molar-refractivity contribution in [3.8, 4) is 11.3 Å². The Hall–Kier alpha value is -3.52. The number of pyridine rings is 2. The molecule has 3 heterocycles. The van der Waals surface area contributed by atoms with E-state index in [0.717, 1.165) is 54.0 Å². The Morgan fingerprint density at radius 1 is 1.00 bits per heavy atom. The number of fused-ring (bicyclic) bond motifs is 1. The van der Waals surface area contributed by atoms with Gasteiger partial charge in [0, 0.05) is 61.8 Å². The topological polar surface area (TPSA) is 81.6 Å². The first-order valence-corrected chi connectivity index (χ1v) is 12.0. The number of nitrogens with zero attached hydrogens (tertiary/aromatic N) is 4. The number of carbonyl (C=O) groups is 1. The minimum atomic E-state index is -0.240. The van der Waals surface area contributed by atoms with Gasteiger partial charge in [-0.2, -0.15) is 0 Å². The number of hydrogen-bond acceptors (Lipinski definition) is 6. The Kier molecular flexibility index (Phi) is 6.90. The second-order valence-electron chi connectivity index (χ2n) is 8.49. The van der Waals surface area contributed by atoms with Gasteiger partial charge >= 0.3 is 0 Å². The fourth-order valence-corrected chi connectivity index (χ4v) is 4.58. The minimum Gasteiger partial charge on any atom is -0.395 e. The summed E-state index contributed by atoms with van der Waals surface area (Å²) in [7, 11) is 0. The van der Waals surface area contributed by atoms with Gasteiger partial charge < -0.3 is 15.3 Å². The van der Waals surface area contributed by atoms with Gasteiger partial charge in [-0.25, -0.2) is 4.98 Å². The third-order valence-corrected chi connectivity index (χ3v) is 6.61. The summed E-state index contributed by atoms with van der Waals surface area (Å²) in [6.45, 7) is 4.32. The van der Waals surface area contributed by atoms with Crippen LogP contribution in [0.4, 0.5) is 11.5 Å². The van der Waals surface area contributed by atoms with Crippen LogP contribution < -0.4 is 10.2 Å². The van der Waals surface area contributed by atoms with Crippen molar-refractivity contribution in [1.29, 1.82) is 0 Å². The van der Waals surface area contributed by atoms with E-state index >= 15 is 0 Å². The van der Waals surface area contributed by atoms with Gasteiger partial charge in [-0.05, 0) is 41.8 Å². The van der Waals surface area contributed by atoms with Gasteiger partial charge in [0.05, 0.1) is 22.9 Å². The largest absolute Gasteiger partial charge is 0.395 e. The minimum absolute atomic E-state index is 0.176. The maximum Gasteiger partial charge on any atom is 0.257 e. The molecule has 1 aliphatic rings.